The minimum atomic E-state index is -0.370. The molecule has 3 nitrogen and oxygen atoms in total. The Bertz CT molecular complexity index is 544. The van der Waals surface area contributed by atoms with Crippen molar-refractivity contribution in [2.75, 3.05) is 6.54 Å². The molecular formula is C18H22N2O. The maximum atomic E-state index is 10.4. The van der Waals surface area contributed by atoms with Crippen molar-refractivity contribution >= 4 is 0 Å². The van der Waals surface area contributed by atoms with E-state index in [-0.39, 0.29) is 6.10 Å². The zero-order valence-corrected chi connectivity index (χ0v) is 12.2. The summed E-state index contributed by atoms with van der Waals surface area (Å²) in [5, 5.41) is 10.4. The number of pyridine rings is 1. The predicted octanol–water partition coefficient (Wildman–Crippen LogP) is 3.17. The number of aromatic nitrogens is 1. The molecule has 3 rings (SSSR count). The highest BCUT2D eigenvalue weighted by atomic mass is 16.3. The van der Waals surface area contributed by atoms with Crippen LogP contribution in [0.1, 0.15) is 36.5 Å². The van der Waals surface area contributed by atoms with Crippen LogP contribution in [0.15, 0.2) is 54.9 Å². The van der Waals surface area contributed by atoms with E-state index in [4.69, 9.17) is 0 Å². The lowest BCUT2D eigenvalue weighted by molar-refractivity contribution is 0.118. The molecule has 0 bridgehead atoms. The van der Waals surface area contributed by atoms with E-state index in [1.165, 1.54) is 18.4 Å². The van der Waals surface area contributed by atoms with Crippen molar-refractivity contribution in [3.05, 3.63) is 66.0 Å². The highest BCUT2D eigenvalue weighted by Gasteiger charge is 2.27. The second-order valence-electron chi connectivity index (χ2n) is 5.79. The molecule has 3 heteroatoms. The van der Waals surface area contributed by atoms with Crippen molar-refractivity contribution in [1.29, 1.82) is 0 Å². The third-order valence-corrected chi connectivity index (χ3v) is 4.29. The molecule has 2 heterocycles. The highest BCUT2D eigenvalue weighted by Crippen LogP contribution is 2.28. The van der Waals surface area contributed by atoms with Gasteiger partial charge >= 0.3 is 0 Å². The minimum absolute atomic E-state index is 0.370. The van der Waals surface area contributed by atoms with Crippen LogP contribution in [0.25, 0.3) is 0 Å². The number of nitrogens with zero attached hydrogens (tertiary/aromatic N) is 2. The summed E-state index contributed by atoms with van der Waals surface area (Å²) in [6, 6.07) is 14.5. The molecule has 0 saturated carbocycles. The van der Waals surface area contributed by atoms with Crippen molar-refractivity contribution in [1.82, 2.24) is 9.88 Å². The van der Waals surface area contributed by atoms with Gasteiger partial charge in [-0.2, -0.15) is 0 Å². The van der Waals surface area contributed by atoms with Crippen LogP contribution in [-0.2, 0) is 6.54 Å². The zero-order valence-electron chi connectivity index (χ0n) is 12.2. The summed E-state index contributed by atoms with van der Waals surface area (Å²) in [5.74, 6) is 0. The summed E-state index contributed by atoms with van der Waals surface area (Å²) in [6.07, 6.45) is 6.57. The maximum absolute atomic E-state index is 10.4. The van der Waals surface area contributed by atoms with E-state index in [0.717, 1.165) is 25.1 Å². The molecule has 0 aliphatic carbocycles. The minimum Gasteiger partial charge on any atom is -0.388 e. The van der Waals surface area contributed by atoms with Gasteiger partial charge in [0.2, 0.25) is 0 Å². The Kier molecular flexibility index (Phi) is 4.63. The Balaban J connectivity index is 1.62. The molecule has 1 aliphatic heterocycles. The Morgan fingerprint density at radius 2 is 2.05 bits per heavy atom. The Morgan fingerprint density at radius 3 is 2.81 bits per heavy atom. The molecule has 0 amide bonds. The van der Waals surface area contributed by atoms with Crippen LogP contribution in [0.3, 0.4) is 0 Å². The normalized spacial score (nSPS) is 20.5. The molecule has 0 radical (unpaired) electrons. The van der Waals surface area contributed by atoms with E-state index in [2.05, 4.69) is 16.0 Å². The first-order valence-electron chi connectivity index (χ1n) is 7.69. The molecule has 2 atom stereocenters. The van der Waals surface area contributed by atoms with Gasteiger partial charge in [0.25, 0.3) is 0 Å². The first kappa shape index (κ1) is 14.2. The predicted molar refractivity (Wildman–Crippen MR) is 83.7 cm³/mol. The summed E-state index contributed by atoms with van der Waals surface area (Å²) >= 11 is 0. The van der Waals surface area contributed by atoms with E-state index in [9.17, 15) is 5.11 Å². The molecule has 1 aliphatic rings. The Labute approximate surface area is 126 Å². The number of hydrogen-bond acceptors (Lipinski definition) is 3. The van der Waals surface area contributed by atoms with E-state index in [0.29, 0.717) is 6.04 Å². The zero-order chi connectivity index (χ0) is 14.5. The summed E-state index contributed by atoms with van der Waals surface area (Å²) in [7, 11) is 0. The summed E-state index contributed by atoms with van der Waals surface area (Å²) in [5.41, 5.74) is 2.27. The van der Waals surface area contributed by atoms with Gasteiger partial charge in [-0.15, -0.1) is 0 Å². The lowest BCUT2D eigenvalue weighted by atomic mass is 10.0. The second-order valence-corrected chi connectivity index (χ2v) is 5.79. The summed E-state index contributed by atoms with van der Waals surface area (Å²) in [6.45, 7) is 2.04. The van der Waals surface area contributed by atoms with Crippen LogP contribution in [0.2, 0.25) is 0 Å². The average molecular weight is 282 g/mol. The Hall–Kier alpha value is -1.71. The molecule has 110 valence electrons. The molecule has 21 heavy (non-hydrogen) atoms. The number of benzene rings is 1. The number of aliphatic hydroxyl groups is 1. The van der Waals surface area contributed by atoms with Gasteiger partial charge in [-0.3, -0.25) is 9.88 Å². The smallest absolute Gasteiger partial charge is 0.0805 e. The van der Waals surface area contributed by atoms with Gasteiger partial charge in [0.05, 0.1) is 6.10 Å². The fourth-order valence-electron chi connectivity index (χ4n) is 3.17. The van der Waals surface area contributed by atoms with Crippen LogP contribution >= 0.6 is 0 Å². The highest BCUT2D eigenvalue weighted by molar-refractivity contribution is 5.17. The second kappa shape index (κ2) is 6.83. The fraction of sp³-hybridized carbons (Fsp3) is 0.389. The molecule has 1 aromatic carbocycles. The Morgan fingerprint density at radius 1 is 1.19 bits per heavy atom. The van der Waals surface area contributed by atoms with Crippen LogP contribution in [0.5, 0.6) is 0 Å². The lowest BCUT2D eigenvalue weighted by Gasteiger charge is -2.26. The standard InChI is InChI=1S/C18H22N2O/c21-18(16-7-2-1-3-8-16)12-17-9-5-11-20(17)14-15-6-4-10-19-13-15/h1-4,6-8,10,13,17-18,21H,5,9,11-12,14H2/t17-,18-/m1/s1. The van der Waals surface area contributed by atoms with Gasteiger partial charge < -0.3 is 5.11 Å². The van der Waals surface area contributed by atoms with Crippen LogP contribution in [0.4, 0.5) is 0 Å². The summed E-state index contributed by atoms with van der Waals surface area (Å²) in [4.78, 5) is 6.66. The number of rotatable bonds is 5. The fourth-order valence-corrected chi connectivity index (χ4v) is 3.17. The van der Waals surface area contributed by atoms with Gasteiger partial charge in [0.1, 0.15) is 0 Å². The van der Waals surface area contributed by atoms with Crippen molar-refractivity contribution in [3.63, 3.8) is 0 Å². The van der Waals surface area contributed by atoms with Gasteiger partial charge in [0.15, 0.2) is 0 Å². The van der Waals surface area contributed by atoms with Crippen LogP contribution in [-0.4, -0.2) is 27.6 Å². The van der Waals surface area contributed by atoms with Crippen molar-refractivity contribution in [3.8, 4) is 0 Å². The molecule has 1 N–H and O–H groups in total. The van der Waals surface area contributed by atoms with Crippen LogP contribution < -0.4 is 0 Å². The van der Waals surface area contributed by atoms with Crippen molar-refractivity contribution in [2.45, 2.75) is 38.0 Å². The third-order valence-electron chi connectivity index (χ3n) is 4.29. The van der Waals surface area contributed by atoms with E-state index in [1.54, 1.807) is 0 Å². The quantitative estimate of drug-likeness (QED) is 0.915. The molecule has 0 unspecified atom stereocenters. The van der Waals surface area contributed by atoms with Gasteiger partial charge in [-0.05, 0) is 43.0 Å². The molecular weight excluding hydrogens is 260 g/mol. The number of likely N-dealkylation sites (tertiary alicyclic amines) is 1. The monoisotopic (exact) mass is 282 g/mol. The topological polar surface area (TPSA) is 36.4 Å². The van der Waals surface area contributed by atoms with Gasteiger partial charge in [-0.1, -0.05) is 36.4 Å². The van der Waals surface area contributed by atoms with E-state index >= 15 is 0 Å². The molecule has 1 saturated heterocycles. The van der Waals surface area contributed by atoms with Crippen LogP contribution in [0, 0.1) is 0 Å². The lowest BCUT2D eigenvalue weighted by Crippen LogP contribution is -2.30. The molecule has 1 fully saturated rings. The SMILES string of the molecule is O[C@H](C[C@H]1CCCN1Cc1cccnc1)c1ccccc1. The van der Waals surface area contributed by atoms with Crippen molar-refractivity contribution < 1.29 is 5.11 Å². The number of aliphatic hydroxyl groups excluding tert-OH is 1. The first-order chi connectivity index (χ1) is 10.3. The molecule has 1 aromatic heterocycles. The summed E-state index contributed by atoms with van der Waals surface area (Å²) < 4.78 is 0. The van der Waals surface area contributed by atoms with E-state index in [1.807, 2.05) is 48.8 Å². The van der Waals surface area contributed by atoms with E-state index < -0.39 is 0 Å². The first-order valence-corrected chi connectivity index (χ1v) is 7.69. The molecule has 0 spiro atoms. The third kappa shape index (κ3) is 3.69. The van der Waals surface area contributed by atoms with Gasteiger partial charge in [0, 0.05) is 25.0 Å². The maximum Gasteiger partial charge on any atom is 0.0805 e. The number of hydrogen-bond donors (Lipinski definition) is 1. The largest absolute Gasteiger partial charge is 0.388 e. The molecule has 2 aromatic rings. The van der Waals surface area contributed by atoms with Crippen molar-refractivity contribution in [2.24, 2.45) is 0 Å². The van der Waals surface area contributed by atoms with Gasteiger partial charge in [-0.25, -0.2) is 0 Å². The average Bonchev–Trinajstić information content (AvgIpc) is 2.96.